The van der Waals surface area contributed by atoms with Gasteiger partial charge in [-0.3, -0.25) is 9.59 Å². The molecule has 0 atom stereocenters. The quantitative estimate of drug-likeness (QED) is 0.891. The Hall–Kier alpha value is -2.33. The fraction of sp³-hybridized carbons (Fsp3) is 0.222. The van der Waals surface area contributed by atoms with Crippen molar-refractivity contribution in [1.29, 1.82) is 0 Å². The highest BCUT2D eigenvalue weighted by Crippen LogP contribution is 2.34. The van der Waals surface area contributed by atoms with Crippen molar-refractivity contribution in [3.63, 3.8) is 0 Å². The molecule has 0 bridgehead atoms. The fourth-order valence-electron chi connectivity index (χ4n) is 2.56. The molecule has 0 unspecified atom stereocenters. The topological polar surface area (TPSA) is 55.4 Å². The highest BCUT2D eigenvalue weighted by Gasteiger charge is 2.32. The number of ether oxygens (including phenoxy) is 1. The minimum absolute atomic E-state index is 0.00936. The van der Waals surface area contributed by atoms with Crippen molar-refractivity contribution in [2.75, 3.05) is 5.32 Å². The lowest BCUT2D eigenvalue weighted by Gasteiger charge is -2.31. The molecule has 118 valence electrons. The summed E-state index contributed by atoms with van der Waals surface area (Å²) in [6.07, 6.45) is 0.311. The third kappa shape index (κ3) is 3.37. The number of amides is 1. The maximum absolute atomic E-state index is 12.2. The van der Waals surface area contributed by atoms with Crippen LogP contribution in [0.4, 0.5) is 5.69 Å². The molecule has 0 aromatic heterocycles. The minimum Gasteiger partial charge on any atom is -0.487 e. The van der Waals surface area contributed by atoms with Crippen LogP contribution in [0.1, 0.15) is 41.0 Å². The van der Waals surface area contributed by atoms with Gasteiger partial charge >= 0.3 is 0 Å². The van der Waals surface area contributed by atoms with E-state index in [2.05, 4.69) is 5.32 Å². The first-order chi connectivity index (χ1) is 10.8. The summed E-state index contributed by atoms with van der Waals surface area (Å²) in [5.41, 5.74) is 0.993. The Morgan fingerprint density at radius 3 is 2.74 bits per heavy atom. The summed E-state index contributed by atoms with van der Waals surface area (Å²) >= 11 is 5.89. The van der Waals surface area contributed by atoms with Crippen LogP contribution in [-0.4, -0.2) is 17.3 Å². The van der Waals surface area contributed by atoms with Crippen molar-refractivity contribution < 1.29 is 14.3 Å². The van der Waals surface area contributed by atoms with E-state index in [-0.39, 0.29) is 11.7 Å². The summed E-state index contributed by atoms with van der Waals surface area (Å²) in [6, 6.07) is 11.8. The van der Waals surface area contributed by atoms with E-state index in [9.17, 15) is 9.59 Å². The van der Waals surface area contributed by atoms with Crippen molar-refractivity contribution in [3.05, 3.63) is 58.6 Å². The van der Waals surface area contributed by atoms with E-state index in [1.165, 1.54) is 0 Å². The van der Waals surface area contributed by atoms with Crippen LogP contribution in [0.3, 0.4) is 0 Å². The summed E-state index contributed by atoms with van der Waals surface area (Å²) in [4.78, 5) is 24.5. The van der Waals surface area contributed by atoms with Gasteiger partial charge in [0.1, 0.15) is 11.4 Å². The molecule has 4 nitrogen and oxygen atoms in total. The molecular weight excluding hydrogens is 314 g/mol. The van der Waals surface area contributed by atoms with Crippen LogP contribution in [-0.2, 0) is 0 Å². The number of hydrogen-bond donors (Lipinski definition) is 1. The Balaban J connectivity index is 1.84. The number of anilines is 1. The van der Waals surface area contributed by atoms with Gasteiger partial charge in [0.2, 0.25) is 0 Å². The highest BCUT2D eigenvalue weighted by atomic mass is 35.5. The van der Waals surface area contributed by atoms with Crippen molar-refractivity contribution in [2.45, 2.75) is 25.9 Å². The average molecular weight is 330 g/mol. The van der Waals surface area contributed by atoms with Crippen LogP contribution in [0.5, 0.6) is 5.75 Å². The van der Waals surface area contributed by atoms with Gasteiger partial charge in [0, 0.05) is 16.3 Å². The number of Topliss-reactive ketones (excluding diaryl/α,β-unsaturated/α-hetero) is 1. The smallest absolute Gasteiger partial charge is 0.255 e. The van der Waals surface area contributed by atoms with Crippen molar-refractivity contribution in [2.24, 2.45) is 0 Å². The number of carbonyl (C=O) groups excluding carboxylic acids is 2. The van der Waals surface area contributed by atoms with E-state index < -0.39 is 5.60 Å². The molecule has 1 N–H and O–H groups in total. The molecule has 1 aliphatic rings. The van der Waals surface area contributed by atoms with Gasteiger partial charge in [-0.25, -0.2) is 0 Å². The van der Waals surface area contributed by atoms with Gasteiger partial charge in [0.25, 0.3) is 5.91 Å². The number of fused-ring (bicyclic) bond motifs is 1. The Bertz CT molecular complexity index is 799. The molecule has 0 radical (unpaired) electrons. The second-order valence-corrected chi connectivity index (χ2v) is 6.57. The van der Waals surface area contributed by atoms with E-state index in [4.69, 9.17) is 16.3 Å². The summed E-state index contributed by atoms with van der Waals surface area (Å²) < 4.78 is 5.80. The van der Waals surface area contributed by atoms with Crippen LogP contribution in [0.15, 0.2) is 42.5 Å². The fourth-order valence-corrected chi connectivity index (χ4v) is 2.75. The molecule has 0 aliphatic carbocycles. The minimum atomic E-state index is -0.504. The zero-order chi connectivity index (χ0) is 16.6. The van der Waals surface area contributed by atoms with Crippen LogP contribution >= 0.6 is 11.6 Å². The predicted molar refractivity (Wildman–Crippen MR) is 89.5 cm³/mol. The van der Waals surface area contributed by atoms with Crippen LogP contribution in [0.2, 0.25) is 5.02 Å². The average Bonchev–Trinajstić information content (AvgIpc) is 2.47. The molecule has 0 saturated heterocycles. The molecule has 0 saturated carbocycles. The number of carbonyl (C=O) groups is 2. The molecule has 2 aromatic rings. The molecule has 1 amide bonds. The van der Waals surface area contributed by atoms with Gasteiger partial charge in [-0.2, -0.15) is 0 Å². The second-order valence-electron chi connectivity index (χ2n) is 6.14. The molecule has 0 fully saturated rings. The summed E-state index contributed by atoms with van der Waals surface area (Å²) in [5, 5.41) is 3.27. The van der Waals surface area contributed by atoms with Crippen LogP contribution < -0.4 is 10.1 Å². The van der Waals surface area contributed by atoms with Gasteiger partial charge in [0.05, 0.1) is 12.0 Å². The molecule has 3 rings (SSSR count). The number of benzene rings is 2. The zero-order valence-corrected chi connectivity index (χ0v) is 13.6. The first kappa shape index (κ1) is 15.6. The van der Waals surface area contributed by atoms with E-state index >= 15 is 0 Å². The number of hydrogen-bond acceptors (Lipinski definition) is 3. The maximum atomic E-state index is 12.2. The third-order valence-corrected chi connectivity index (χ3v) is 3.83. The van der Waals surface area contributed by atoms with Crippen molar-refractivity contribution >= 4 is 29.0 Å². The van der Waals surface area contributed by atoms with Crippen LogP contribution in [0.25, 0.3) is 0 Å². The molecule has 2 aromatic carbocycles. The molecule has 1 heterocycles. The molecule has 23 heavy (non-hydrogen) atoms. The summed E-state index contributed by atoms with van der Waals surface area (Å²) in [7, 11) is 0. The second kappa shape index (κ2) is 5.70. The predicted octanol–water partition coefficient (Wildman–Crippen LogP) is 4.34. The van der Waals surface area contributed by atoms with Crippen molar-refractivity contribution in [1.82, 2.24) is 0 Å². The van der Waals surface area contributed by atoms with E-state index in [1.807, 2.05) is 13.8 Å². The monoisotopic (exact) mass is 329 g/mol. The van der Waals surface area contributed by atoms with Gasteiger partial charge in [-0.15, -0.1) is 0 Å². The van der Waals surface area contributed by atoms with E-state index in [0.29, 0.717) is 34.0 Å². The Morgan fingerprint density at radius 2 is 2.00 bits per heavy atom. The number of ketones is 1. The third-order valence-electron chi connectivity index (χ3n) is 3.60. The molecule has 0 spiro atoms. The lowest BCUT2D eigenvalue weighted by Crippen LogP contribution is -2.35. The maximum Gasteiger partial charge on any atom is 0.255 e. The number of nitrogens with one attached hydrogen (secondary N) is 1. The Kier molecular flexibility index (Phi) is 3.86. The molecule has 1 aliphatic heterocycles. The molecular formula is C18H16ClNO3. The normalized spacial score (nSPS) is 15.5. The zero-order valence-electron chi connectivity index (χ0n) is 12.9. The summed E-state index contributed by atoms with van der Waals surface area (Å²) in [5.74, 6) is 0.277. The van der Waals surface area contributed by atoms with E-state index in [1.54, 1.807) is 42.5 Å². The Labute approximate surface area is 139 Å². The number of rotatable bonds is 2. The largest absolute Gasteiger partial charge is 0.487 e. The highest BCUT2D eigenvalue weighted by molar-refractivity contribution is 6.31. The first-order valence-electron chi connectivity index (χ1n) is 7.27. The van der Waals surface area contributed by atoms with Crippen molar-refractivity contribution in [3.8, 4) is 5.75 Å². The van der Waals surface area contributed by atoms with Gasteiger partial charge in [-0.1, -0.05) is 17.7 Å². The summed E-state index contributed by atoms with van der Waals surface area (Å²) in [6.45, 7) is 3.76. The standard InChI is InChI=1S/C18H16ClNO3/c1-18(2)10-15(21)14-9-13(6-7-16(14)23-18)20-17(22)11-4-3-5-12(19)8-11/h3-9H,10H2,1-2H3,(H,20,22). The lowest BCUT2D eigenvalue weighted by atomic mass is 9.93. The van der Waals surface area contributed by atoms with Gasteiger partial charge in [0.15, 0.2) is 5.78 Å². The number of halogens is 1. The van der Waals surface area contributed by atoms with Gasteiger partial charge in [-0.05, 0) is 50.2 Å². The van der Waals surface area contributed by atoms with Gasteiger partial charge < -0.3 is 10.1 Å². The van der Waals surface area contributed by atoms with E-state index in [0.717, 1.165) is 0 Å². The first-order valence-corrected chi connectivity index (χ1v) is 7.65. The SMILES string of the molecule is CC1(C)CC(=O)c2cc(NC(=O)c3cccc(Cl)c3)ccc2O1. The molecule has 5 heteroatoms. The Morgan fingerprint density at radius 1 is 1.22 bits per heavy atom. The lowest BCUT2D eigenvalue weighted by molar-refractivity contribution is 0.0620. The van der Waals surface area contributed by atoms with Crippen LogP contribution in [0, 0.1) is 0 Å².